The molecule has 0 bridgehead atoms. The van der Waals surface area contributed by atoms with Crippen molar-refractivity contribution in [1.82, 2.24) is 0 Å². The van der Waals surface area contributed by atoms with Crippen molar-refractivity contribution in [3.8, 4) is 0 Å². The Hall–Kier alpha value is -0.0900. The molecule has 1 aromatic rings. The van der Waals surface area contributed by atoms with Crippen LogP contribution in [0.15, 0.2) is 30.3 Å². The molecular formula is C11H15IO. The van der Waals surface area contributed by atoms with Crippen LogP contribution in [0.4, 0.5) is 0 Å². The predicted octanol–water partition coefficient (Wildman–Crippen LogP) is 3.42. The first kappa shape index (κ1) is 11.0. The van der Waals surface area contributed by atoms with Crippen LogP contribution in [-0.2, 0) is 11.3 Å². The van der Waals surface area contributed by atoms with Crippen LogP contribution < -0.4 is 0 Å². The van der Waals surface area contributed by atoms with E-state index >= 15 is 0 Å². The summed E-state index contributed by atoms with van der Waals surface area (Å²) in [5.74, 6) is 0. The third-order valence-electron chi connectivity index (χ3n) is 1.85. The monoisotopic (exact) mass is 290 g/mol. The van der Waals surface area contributed by atoms with E-state index in [2.05, 4.69) is 41.6 Å². The number of halogens is 1. The average molecular weight is 290 g/mol. The highest BCUT2D eigenvalue weighted by Gasteiger charge is 1.99. The summed E-state index contributed by atoms with van der Waals surface area (Å²) in [6, 6.07) is 10.3. The van der Waals surface area contributed by atoms with Crippen molar-refractivity contribution in [3.05, 3.63) is 35.9 Å². The summed E-state index contributed by atoms with van der Waals surface area (Å²) in [4.78, 5) is 0. The standard InChI is InChI=1S/C11H15IO/c1-2-11(12)9-13-8-10-6-4-3-5-7-10/h3-7,11H,2,8-9H2,1H3. The van der Waals surface area contributed by atoms with Crippen molar-refractivity contribution in [2.75, 3.05) is 6.61 Å². The lowest BCUT2D eigenvalue weighted by molar-refractivity contribution is 0.124. The van der Waals surface area contributed by atoms with Gasteiger partial charge in [0, 0.05) is 3.92 Å². The maximum absolute atomic E-state index is 5.56. The minimum Gasteiger partial charge on any atom is -0.376 e. The average Bonchev–Trinajstić information content (AvgIpc) is 2.19. The Bertz CT molecular complexity index is 223. The van der Waals surface area contributed by atoms with Gasteiger partial charge in [-0.3, -0.25) is 0 Å². The number of rotatable bonds is 5. The van der Waals surface area contributed by atoms with Gasteiger partial charge >= 0.3 is 0 Å². The molecule has 0 aliphatic carbocycles. The van der Waals surface area contributed by atoms with Crippen molar-refractivity contribution in [1.29, 1.82) is 0 Å². The van der Waals surface area contributed by atoms with Crippen LogP contribution in [0.1, 0.15) is 18.9 Å². The van der Waals surface area contributed by atoms with Crippen molar-refractivity contribution >= 4 is 22.6 Å². The number of benzene rings is 1. The van der Waals surface area contributed by atoms with Gasteiger partial charge in [-0.05, 0) is 12.0 Å². The highest BCUT2D eigenvalue weighted by Crippen LogP contribution is 2.07. The summed E-state index contributed by atoms with van der Waals surface area (Å²) in [6.45, 7) is 3.77. The van der Waals surface area contributed by atoms with Gasteiger partial charge in [-0.15, -0.1) is 0 Å². The largest absolute Gasteiger partial charge is 0.376 e. The molecule has 0 aromatic heterocycles. The molecule has 1 atom stereocenters. The number of alkyl halides is 1. The Morgan fingerprint density at radius 1 is 1.31 bits per heavy atom. The van der Waals surface area contributed by atoms with Crippen molar-refractivity contribution in [2.24, 2.45) is 0 Å². The fourth-order valence-electron chi connectivity index (χ4n) is 0.997. The van der Waals surface area contributed by atoms with Crippen LogP contribution in [-0.4, -0.2) is 10.5 Å². The van der Waals surface area contributed by atoms with Crippen molar-refractivity contribution in [3.63, 3.8) is 0 Å². The molecule has 1 aromatic carbocycles. The SMILES string of the molecule is CCC(I)COCc1ccccc1. The second-order valence-electron chi connectivity index (χ2n) is 3.01. The van der Waals surface area contributed by atoms with Gasteiger partial charge in [-0.1, -0.05) is 59.8 Å². The molecule has 0 fully saturated rings. The molecule has 0 spiro atoms. The molecule has 1 rings (SSSR count). The van der Waals surface area contributed by atoms with Gasteiger partial charge in [-0.25, -0.2) is 0 Å². The molecular weight excluding hydrogens is 275 g/mol. The minimum atomic E-state index is 0.640. The number of hydrogen-bond acceptors (Lipinski definition) is 1. The molecule has 0 amide bonds. The number of hydrogen-bond donors (Lipinski definition) is 0. The topological polar surface area (TPSA) is 9.23 Å². The summed E-state index contributed by atoms with van der Waals surface area (Å²) in [6.07, 6.45) is 1.18. The summed E-state index contributed by atoms with van der Waals surface area (Å²) in [5.41, 5.74) is 1.25. The zero-order valence-electron chi connectivity index (χ0n) is 7.87. The van der Waals surface area contributed by atoms with E-state index in [1.807, 2.05) is 18.2 Å². The fraction of sp³-hybridized carbons (Fsp3) is 0.455. The van der Waals surface area contributed by atoms with Gasteiger partial charge in [0.25, 0.3) is 0 Å². The second kappa shape index (κ2) is 6.38. The maximum Gasteiger partial charge on any atom is 0.0717 e. The molecule has 0 N–H and O–H groups in total. The smallest absolute Gasteiger partial charge is 0.0717 e. The van der Waals surface area contributed by atoms with E-state index in [1.165, 1.54) is 12.0 Å². The van der Waals surface area contributed by atoms with Crippen LogP contribution in [0.25, 0.3) is 0 Å². The van der Waals surface area contributed by atoms with Gasteiger partial charge < -0.3 is 4.74 Å². The first-order chi connectivity index (χ1) is 6.33. The van der Waals surface area contributed by atoms with Crippen molar-refractivity contribution in [2.45, 2.75) is 23.9 Å². The molecule has 2 heteroatoms. The Morgan fingerprint density at radius 2 is 2.00 bits per heavy atom. The van der Waals surface area contributed by atoms with Crippen LogP contribution in [0, 0.1) is 0 Å². The minimum absolute atomic E-state index is 0.640. The van der Waals surface area contributed by atoms with Crippen molar-refractivity contribution < 1.29 is 4.74 Å². The third kappa shape index (κ3) is 4.62. The zero-order chi connectivity index (χ0) is 9.52. The molecule has 0 radical (unpaired) electrons. The first-order valence-corrected chi connectivity index (χ1v) is 5.83. The molecule has 0 aliphatic rings. The quantitative estimate of drug-likeness (QED) is 0.596. The molecule has 0 heterocycles. The molecule has 1 unspecified atom stereocenters. The third-order valence-corrected chi connectivity index (χ3v) is 3.09. The maximum atomic E-state index is 5.56. The highest BCUT2D eigenvalue weighted by atomic mass is 127. The molecule has 72 valence electrons. The highest BCUT2D eigenvalue weighted by molar-refractivity contribution is 14.1. The predicted molar refractivity (Wildman–Crippen MR) is 64.2 cm³/mol. The van der Waals surface area contributed by atoms with E-state index < -0.39 is 0 Å². The van der Waals surface area contributed by atoms with E-state index in [1.54, 1.807) is 0 Å². The molecule has 0 aliphatic heterocycles. The Morgan fingerprint density at radius 3 is 2.62 bits per heavy atom. The van der Waals surface area contributed by atoms with E-state index in [9.17, 15) is 0 Å². The zero-order valence-corrected chi connectivity index (χ0v) is 10.0. The lowest BCUT2D eigenvalue weighted by Crippen LogP contribution is -2.06. The second-order valence-corrected chi connectivity index (χ2v) is 4.77. The van der Waals surface area contributed by atoms with Crippen LogP contribution in [0.3, 0.4) is 0 Å². The Kier molecular flexibility index (Phi) is 5.39. The van der Waals surface area contributed by atoms with E-state index in [4.69, 9.17) is 4.74 Å². The summed E-state index contributed by atoms with van der Waals surface area (Å²) >= 11 is 2.42. The number of ether oxygens (including phenoxy) is 1. The molecule has 1 nitrogen and oxygen atoms in total. The van der Waals surface area contributed by atoms with E-state index in [0.717, 1.165) is 13.2 Å². The fourth-order valence-corrected chi connectivity index (χ4v) is 1.25. The lowest BCUT2D eigenvalue weighted by Gasteiger charge is -2.07. The molecule has 0 saturated carbocycles. The van der Waals surface area contributed by atoms with E-state index in [0.29, 0.717) is 3.92 Å². The normalized spacial score (nSPS) is 12.8. The van der Waals surface area contributed by atoms with Crippen LogP contribution in [0.2, 0.25) is 0 Å². The van der Waals surface area contributed by atoms with Gasteiger partial charge in [0.1, 0.15) is 0 Å². The van der Waals surface area contributed by atoms with Crippen LogP contribution >= 0.6 is 22.6 Å². The van der Waals surface area contributed by atoms with E-state index in [-0.39, 0.29) is 0 Å². The summed E-state index contributed by atoms with van der Waals surface area (Å²) in [7, 11) is 0. The van der Waals surface area contributed by atoms with Gasteiger partial charge in [0.2, 0.25) is 0 Å². The molecule has 0 saturated heterocycles. The van der Waals surface area contributed by atoms with Gasteiger partial charge in [-0.2, -0.15) is 0 Å². The lowest BCUT2D eigenvalue weighted by atomic mass is 10.2. The first-order valence-electron chi connectivity index (χ1n) is 4.58. The van der Waals surface area contributed by atoms with Gasteiger partial charge in [0.15, 0.2) is 0 Å². The Labute approximate surface area is 93.6 Å². The van der Waals surface area contributed by atoms with Crippen LogP contribution in [0.5, 0.6) is 0 Å². The Balaban J connectivity index is 2.20. The summed E-state index contributed by atoms with van der Waals surface area (Å²) in [5, 5.41) is 0. The molecule has 13 heavy (non-hydrogen) atoms. The summed E-state index contributed by atoms with van der Waals surface area (Å²) < 4.78 is 6.20. The van der Waals surface area contributed by atoms with Gasteiger partial charge in [0.05, 0.1) is 13.2 Å².